The summed E-state index contributed by atoms with van der Waals surface area (Å²) in [5.41, 5.74) is 0. The first kappa shape index (κ1) is 11.8. The molecule has 0 spiro atoms. The number of likely N-dealkylation sites (N-methyl/N-ethyl adjacent to an activating group) is 1. The van der Waals surface area contributed by atoms with Gasteiger partial charge in [-0.3, -0.25) is 4.90 Å². The number of hydrogen-bond donors (Lipinski definition) is 0. The molecule has 0 heterocycles. The molecule has 0 unspecified atom stereocenters. The van der Waals surface area contributed by atoms with Gasteiger partial charge in [0.05, 0.1) is 12.6 Å². The van der Waals surface area contributed by atoms with Crippen molar-refractivity contribution in [1.82, 2.24) is 4.90 Å². The smallest absolute Gasteiger partial charge is 0.119 e. The summed E-state index contributed by atoms with van der Waals surface area (Å²) in [6.07, 6.45) is 0. The van der Waals surface area contributed by atoms with Crippen molar-refractivity contribution in [3.8, 4) is 11.8 Å². The van der Waals surface area contributed by atoms with E-state index in [2.05, 4.69) is 6.07 Å². The average Bonchev–Trinajstić information content (AvgIpc) is 2.21. The van der Waals surface area contributed by atoms with Crippen molar-refractivity contribution in [2.24, 2.45) is 0 Å². The zero-order valence-electron chi connectivity index (χ0n) is 8.61. The molecule has 0 amide bonds. The molecule has 0 bridgehead atoms. The SMILES string of the molecule is CN(CC#N)CCOc1ccc(Cl)cc1. The van der Waals surface area contributed by atoms with Crippen molar-refractivity contribution < 1.29 is 4.74 Å². The number of rotatable bonds is 5. The Hall–Kier alpha value is -1.24. The van der Waals surface area contributed by atoms with Crippen molar-refractivity contribution in [1.29, 1.82) is 5.26 Å². The molecule has 0 atom stereocenters. The lowest BCUT2D eigenvalue weighted by Crippen LogP contribution is -2.24. The second-order valence-electron chi connectivity index (χ2n) is 3.20. The molecule has 0 N–H and O–H groups in total. The van der Waals surface area contributed by atoms with Crippen LogP contribution in [0.25, 0.3) is 0 Å². The maximum Gasteiger partial charge on any atom is 0.119 e. The Morgan fingerprint density at radius 3 is 2.67 bits per heavy atom. The molecule has 80 valence electrons. The average molecular weight is 225 g/mol. The standard InChI is InChI=1S/C11H13ClN2O/c1-14(7-6-13)8-9-15-11-4-2-10(12)3-5-11/h2-5H,7-9H2,1H3. The van der Waals surface area contributed by atoms with Crippen LogP contribution >= 0.6 is 11.6 Å². The summed E-state index contributed by atoms with van der Waals surface area (Å²) in [7, 11) is 1.88. The van der Waals surface area contributed by atoms with E-state index in [4.69, 9.17) is 21.6 Å². The van der Waals surface area contributed by atoms with Crippen molar-refractivity contribution in [3.63, 3.8) is 0 Å². The van der Waals surface area contributed by atoms with Crippen LogP contribution in [-0.2, 0) is 0 Å². The number of nitriles is 1. The van der Waals surface area contributed by atoms with Crippen LogP contribution in [0.5, 0.6) is 5.75 Å². The van der Waals surface area contributed by atoms with Crippen molar-refractivity contribution in [3.05, 3.63) is 29.3 Å². The lowest BCUT2D eigenvalue weighted by Gasteiger charge is -2.12. The highest BCUT2D eigenvalue weighted by atomic mass is 35.5. The second kappa shape index (κ2) is 6.28. The Labute approximate surface area is 94.8 Å². The third kappa shape index (κ3) is 4.68. The van der Waals surface area contributed by atoms with Gasteiger partial charge < -0.3 is 4.74 Å². The van der Waals surface area contributed by atoms with Gasteiger partial charge in [0, 0.05) is 11.6 Å². The fraction of sp³-hybridized carbons (Fsp3) is 0.364. The van der Waals surface area contributed by atoms with Crippen molar-refractivity contribution >= 4 is 11.6 Å². The van der Waals surface area contributed by atoms with Crippen LogP contribution in [0.3, 0.4) is 0 Å². The van der Waals surface area contributed by atoms with Crippen molar-refractivity contribution in [2.45, 2.75) is 0 Å². The topological polar surface area (TPSA) is 36.3 Å². The number of nitrogens with zero attached hydrogens (tertiary/aromatic N) is 2. The maximum atomic E-state index is 8.44. The third-order valence-corrected chi connectivity index (χ3v) is 2.15. The third-order valence-electron chi connectivity index (χ3n) is 1.90. The Kier molecular flexibility index (Phi) is 4.96. The Morgan fingerprint density at radius 1 is 1.40 bits per heavy atom. The predicted molar refractivity (Wildman–Crippen MR) is 60.1 cm³/mol. The van der Waals surface area contributed by atoms with E-state index in [0.717, 1.165) is 12.3 Å². The number of benzene rings is 1. The van der Waals surface area contributed by atoms with Gasteiger partial charge in [-0.15, -0.1) is 0 Å². The van der Waals surface area contributed by atoms with Gasteiger partial charge in [-0.05, 0) is 31.3 Å². The van der Waals surface area contributed by atoms with Crippen LogP contribution in [0, 0.1) is 11.3 Å². The number of hydrogen-bond acceptors (Lipinski definition) is 3. The lowest BCUT2D eigenvalue weighted by atomic mass is 10.3. The lowest BCUT2D eigenvalue weighted by molar-refractivity contribution is 0.251. The van der Waals surface area contributed by atoms with E-state index in [1.807, 2.05) is 24.1 Å². The van der Waals surface area contributed by atoms with Gasteiger partial charge in [0.25, 0.3) is 0 Å². The van der Waals surface area contributed by atoms with E-state index >= 15 is 0 Å². The van der Waals surface area contributed by atoms with E-state index in [1.165, 1.54) is 0 Å². The highest BCUT2D eigenvalue weighted by Gasteiger charge is 1.97. The van der Waals surface area contributed by atoms with Crippen LogP contribution in [0.1, 0.15) is 0 Å². The molecule has 0 radical (unpaired) electrons. The van der Waals surface area contributed by atoms with Crippen LogP contribution < -0.4 is 4.74 Å². The van der Waals surface area contributed by atoms with Gasteiger partial charge in [0.15, 0.2) is 0 Å². The molecule has 0 aliphatic carbocycles. The summed E-state index contributed by atoms with van der Waals surface area (Å²) >= 11 is 5.74. The Balaban J connectivity index is 2.26. The van der Waals surface area contributed by atoms with Gasteiger partial charge in [-0.25, -0.2) is 0 Å². The van der Waals surface area contributed by atoms with Gasteiger partial charge >= 0.3 is 0 Å². The quantitative estimate of drug-likeness (QED) is 0.720. The molecule has 1 aromatic carbocycles. The molecule has 1 rings (SSSR count). The summed E-state index contributed by atoms with van der Waals surface area (Å²) in [6.45, 7) is 1.72. The molecule has 0 fully saturated rings. The molecule has 4 heteroatoms. The van der Waals surface area contributed by atoms with E-state index in [0.29, 0.717) is 18.2 Å². The zero-order valence-corrected chi connectivity index (χ0v) is 9.37. The molecule has 15 heavy (non-hydrogen) atoms. The fourth-order valence-corrected chi connectivity index (χ4v) is 1.18. The van der Waals surface area contributed by atoms with Gasteiger partial charge in [-0.1, -0.05) is 11.6 Å². The number of halogens is 1. The molecular formula is C11H13ClN2O. The Bertz CT molecular complexity index is 331. The molecule has 1 aromatic rings. The van der Waals surface area contributed by atoms with Crippen LogP contribution in [0.15, 0.2) is 24.3 Å². The molecule has 0 aliphatic rings. The fourth-order valence-electron chi connectivity index (χ4n) is 1.05. The van der Waals surface area contributed by atoms with E-state index < -0.39 is 0 Å². The Morgan fingerprint density at radius 2 is 2.07 bits per heavy atom. The van der Waals surface area contributed by atoms with Crippen LogP contribution in [0.2, 0.25) is 5.02 Å². The largest absolute Gasteiger partial charge is 0.492 e. The first-order valence-corrected chi connectivity index (χ1v) is 5.04. The minimum atomic E-state index is 0.421. The summed E-state index contributed by atoms with van der Waals surface area (Å²) in [6, 6.07) is 9.30. The van der Waals surface area contributed by atoms with Crippen LogP contribution in [-0.4, -0.2) is 31.6 Å². The van der Waals surface area contributed by atoms with E-state index in [9.17, 15) is 0 Å². The summed E-state index contributed by atoms with van der Waals surface area (Å²) in [5, 5.41) is 9.13. The maximum absolute atomic E-state index is 8.44. The minimum absolute atomic E-state index is 0.421. The molecule has 0 saturated carbocycles. The normalized spacial score (nSPS) is 10.0. The highest BCUT2D eigenvalue weighted by Crippen LogP contribution is 2.15. The molecule has 0 aliphatic heterocycles. The second-order valence-corrected chi connectivity index (χ2v) is 3.63. The molecule has 0 saturated heterocycles. The van der Waals surface area contributed by atoms with Crippen molar-refractivity contribution in [2.75, 3.05) is 26.7 Å². The van der Waals surface area contributed by atoms with Gasteiger partial charge in [0.1, 0.15) is 12.4 Å². The minimum Gasteiger partial charge on any atom is -0.492 e. The molecule has 0 aromatic heterocycles. The summed E-state index contributed by atoms with van der Waals surface area (Å²) in [5.74, 6) is 0.796. The number of ether oxygens (including phenoxy) is 1. The summed E-state index contributed by atoms with van der Waals surface area (Å²) < 4.78 is 5.47. The first-order chi connectivity index (χ1) is 7.22. The molecule has 3 nitrogen and oxygen atoms in total. The van der Waals surface area contributed by atoms with Crippen LogP contribution in [0.4, 0.5) is 0 Å². The molecular weight excluding hydrogens is 212 g/mol. The summed E-state index contributed by atoms with van der Waals surface area (Å²) in [4.78, 5) is 1.90. The monoisotopic (exact) mass is 224 g/mol. The predicted octanol–water partition coefficient (Wildman–Crippen LogP) is 2.17. The first-order valence-electron chi connectivity index (χ1n) is 4.66. The van der Waals surface area contributed by atoms with Gasteiger partial charge in [0.2, 0.25) is 0 Å². The van der Waals surface area contributed by atoms with E-state index in [1.54, 1.807) is 12.1 Å². The van der Waals surface area contributed by atoms with Gasteiger partial charge in [-0.2, -0.15) is 5.26 Å². The van der Waals surface area contributed by atoms with E-state index in [-0.39, 0.29) is 0 Å². The zero-order chi connectivity index (χ0) is 11.1. The highest BCUT2D eigenvalue weighted by molar-refractivity contribution is 6.30.